The lowest BCUT2D eigenvalue weighted by Gasteiger charge is -2.06. The van der Waals surface area contributed by atoms with E-state index in [-0.39, 0.29) is 23.0 Å². The fourth-order valence-electron chi connectivity index (χ4n) is 2.76. The van der Waals surface area contributed by atoms with Gasteiger partial charge in [0.05, 0.1) is 16.6 Å². The summed E-state index contributed by atoms with van der Waals surface area (Å²) in [4.78, 5) is 19.0. The highest BCUT2D eigenvalue weighted by Gasteiger charge is 2.13. The maximum Gasteiger partial charge on any atom is 0.270 e. The third-order valence-electron chi connectivity index (χ3n) is 4.05. The molecule has 0 aliphatic carbocycles. The summed E-state index contributed by atoms with van der Waals surface area (Å²) in [5, 5.41) is 15.9. The monoisotopic (exact) mass is 389 g/mol. The summed E-state index contributed by atoms with van der Waals surface area (Å²) in [5.74, 6) is -0.177. The molecule has 4 rings (SSSR count). The molecule has 0 aliphatic heterocycles. The Balaban J connectivity index is 1.67. The van der Waals surface area contributed by atoms with Crippen LogP contribution in [0.5, 0.6) is 0 Å². The van der Waals surface area contributed by atoms with Crippen LogP contribution in [0.25, 0.3) is 21.3 Å². The number of fused-ring (bicyclic) bond motifs is 1. The number of hydrazone groups is 1. The van der Waals surface area contributed by atoms with Gasteiger partial charge in [0.25, 0.3) is 5.56 Å². The van der Waals surface area contributed by atoms with Crippen molar-refractivity contribution in [2.45, 2.75) is 0 Å². The van der Waals surface area contributed by atoms with Gasteiger partial charge in [-0.2, -0.15) is 10.4 Å². The maximum absolute atomic E-state index is 13.8. The first kappa shape index (κ1) is 17.6. The van der Waals surface area contributed by atoms with Gasteiger partial charge in [0.15, 0.2) is 0 Å². The molecule has 0 unspecified atom stereocenters. The van der Waals surface area contributed by atoms with E-state index in [0.29, 0.717) is 10.3 Å². The molecule has 0 amide bonds. The number of nitrogens with zero attached hydrogens (tertiary/aromatic N) is 3. The van der Waals surface area contributed by atoms with E-state index < -0.39 is 5.56 Å². The molecule has 0 fully saturated rings. The summed E-state index contributed by atoms with van der Waals surface area (Å²) >= 11 is 1.32. The summed E-state index contributed by atoms with van der Waals surface area (Å²) in [6.07, 6.45) is 1.52. The van der Waals surface area contributed by atoms with Crippen molar-refractivity contribution in [3.05, 3.63) is 81.2 Å². The zero-order chi connectivity index (χ0) is 19.5. The molecular weight excluding hydrogens is 377 g/mol. The van der Waals surface area contributed by atoms with Crippen molar-refractivity contribution < 1.29 is 4.39 Å². The molecule has 6 nitrogen and oxygen atoms in total. The first-order valence-electron chi connectivity index (χ1n) is 8.22. The molecule has 28 heavy (non-hydrogen) atoms. The van der Waals surface area contributed by atoms with Crippen LogP contribution in [0.2, 0.25) is 0 Å². The van der Waals surface area contributed by atoms with Gasteiger partial charge in [-0.1, -0.05) is 30.3 Å². The van der Waals surface area contributed by atoms with Gasteiger partial charge >= 0.3 is 0 Å². The van der Waals surface area contributed by atoms with E-state index in [9.17, 15) is 14.4 Å². The summed E-state index contributed by atoms with van der Waals surface area (Å²) in [5.41, 5.74) is 3.69. The molecule has 0 saturated carbocycles. The highest BCUT2D eigenvalue weighted by molar-refractivity contribution is 7.17. The molecule has 4 aromatic rings. The average Bonchev–Trinajstić information content (AvgIpc) is 3.21. The van der Waals surface area contributed by atoms with Crippen molar-refractivity contribution in [1.82, 2.24) is 9.97 Å². The number of anilines is 1. The number of aromatic nitrogens is 2. The van der Waals surface area contributed by atoms with Crippen LogP contribution in [0.15, 0.2) is 63.8 Å². The quantitative estimate of drug-likeness (QED) is 0.406. The summed E-state index contributed by atoms with van der Waals surface area (Å²) in [7, 11) is 0. The number of benzene rings is 2. The second kappa shape index (κ2) is 7.42. The van der Waals surface area contributed by atoms with Gasteiger partial charge in [0.1, 0.15) is 17.4 Å². The fraction of sp³-hybridized carbons (Fsp3) is 0. The summed E-state index contributed by atoms with van der Waals surface area (Å²) < 4.78 is 14.3. The SMILES string of the molecule is N#Cc1c(-c2ccccc2)nc(NN=Cc2ccc(F)c3sccc23)[nH]c1=O. The molecule has 0 spiro atoms. The zero-order valence-electron chi connectivity index (χ0n) is 14.3. The van der Waals surface area contributed by atoms with Gasteiger partial charge < -0.3 is 0 Å². The minimum Gasteiger partial charge on any atom is -0.290 e. The first-order valence-corrected chi connectivity index (χ1v) is 9.10. The highest BCUT2D eigenvalue weighted by Crippen LogP contribution is 2.26. The van der Waals surface area contributed by atoms with Crippen LogP contribution in [-0.4, -0.2) is 16.2 Å². The Hall–Kier alpha value is -3.83. The van der Waals surface area contributed by atoms with E-state index in [1.54, 1.807) is 30.3 Å². The second-order valence-electron chi connectivity index (χ2n) is 5.79. The molecule has 8 heteroatoms. The van der Waals surface area contributed by atoms with E-state index in [1.165, 1.54) is 23.6 Å². The van der Waals surface area contributed by atoms with Crippen LogP contribution < -0.4 is 11.0 Å². The Morgan fingerprint density at radius 3 is 2.82 bits per heavy atom. The van der Waals surface area contributed by atoms with Crippen molar-refractivity contribution >= 4 is 33.6 Å². The molecule has 136 valence electrons. The molecule has 2 heterocycles. The normalized spacial score (nSPS) is 11.0. The topological polar surface area (TPSA) is 93.9 Å². The summed E-state index contributed by atoms with van der Waals surface area (Å²) in [6.45, 7) is 0. The molecule has 0 aliphatic rings. The number of nitrogens with one attached hydrogen (secondary N) is 2. The smallest absolute Gasteiger partial charge is 0.270 e. The van der Waals surface area contributed by atoms with E-state index in [1.807, 2.05) is 23.6 Å². The molecule has 0 atom stereocenters. The van der Waals surface area contributed by atoms with Gasteiger partial charge in [-0.15, -0.1) is 11.3 Å². The van der Waals surface area contributed by atoms with Crippen LogP contribution >= 0.6 is 11.3 Å². The number of thiophene rings is 1. The molecule has 0 radical (unpaired) electrons. The van der Waals surface area contributed by atoms with Gasteiger partial charge in [-0.3, -0.25) is 9.78 Å². The maximum atomic E-state index is 13.8. The molecule has 0 bridgehead atoms. The minimum atomic E-state index is -0.559. The van der Waals surface area contributed by atoms with Crippen LogP contribution in [0, 0.1) is 17.1 Å². The van der Waals surface area contributed by atoms with Crippen molar-refractivity contribution in [3.63, 3.8) is 0 Å². The van der Waals surface area contributed by atoms with Gasteiger partial charge in [-0.25, -0.2) is 14.8 Å². The van der Waals surface area contributed by atoms with Crippen LogP contribution in [0.4, 0.5) is 10.3 Å². The van der Waals surface area contributed by atoms with E-state index >= 15 is 0 Å². The van der Waals surface area contributed by atoms with Crippen LogP contribution in [0.3, 0.4) is 0 Å². The molecule has 2 N–H and O–H groups in total. The minimum absolute atomic E-state index is 0.0701. The lowest BCUT2D eigenvalue weighted by atomic mass is 10.1. The third kappa shape index (κ3) is 3.26. The number of aromatic amines is 1. The Labute approximate surface area is 162 Å². The second-order valence-corrected chi connectivity index (χ2v) is 6.70. The van der Waals surface area contributed by atoms with Gasteiger partial charge in [0.2, 0.25) is 5.95 Å². The zero-order valence-corrected chi connectivity index (χ0v) is 15.1. The van der Waals surface area contributed by atoms with Crippen molar-refractivity contribution in [3.8, 4) is 17.3 Å². The first-order chi connectivity index (χ1) is 13.7. The summed E-state index contributed by atoms with van der Waals surface area (Å²) in [6, 6.07) is 15.7. The largest absolute Gasteiger partial charge is 0.290 e. The Morgan fingerprint density at radius 1 is 1.21 bits per heavy atom. The van der Waals surface area contributed by atoms with E-state index in [2.05, 4.69) is 20.5 Å². The molecule has 0 saturated heterocycles. The fourth-order valence-corrected chi connectivity index (χ4v) is 3.59. The standard InChI is InChI=1S/C20H12FN5OS/c21-16-7-6-13(14-8-9-28-18(14)16)11-23-26-20-24-17(12-4-2-1-3-5-12)15(10-22)19(27)25-20/h1-9,11H,(H2,24,25,26,27). The Morgan fingerprint density at radius 2 is 2.04 bits per heavy atom. The van der Waals surface area contributed by atoms with E-state index in [0.717, 1.165) is 10.9 Å². The Kier molecular flexibility index (Phi) is 4.66. The number of nitriles is 1. The van der Waals surface area contributed by atoms with Crippen LogP contribution in [-0.2, 0) is 0 Å². The van der Waals surface area contributed by atoms with Gasteiger partial charge in [-0.05, 0) is 23.6 Å². The number of H-pyrrole nitrogens is 1. The van der Waals surface area contributed by atoms with E-state index in [4.69, 9.17) is 0 Å². The van der Waals surface area contributed by atoms with Crippen molar-refractivity contribution in [2.24, 2.45) is 5.10 Å². The predicted molar refractivity (Wildman–Crippen MR) is 108 cm³/mol. The van der Waals surface area contributed by atoms with Crippen LogP contribution in [0.1, 0.15) is 11.1 Å². The number of hydrogen-bond acceptors (Lipinski definition) is 6. The highest BCUT2D eigenvalue weighted by atomic mass is 32.1. The van der Waals surface area contributed by atoms with Crippen molar-refractivity contribution in [1.29, 1.82) is 5.26 Å². The average molecular weight is 389 g/mol. The number of hydrogen-bond donors (Lipinski definition) is 2. The predicted octanol–water partition coefficient (Wildman–Crippen LogP) is 4.11. The Bertz CT molecular complexity index is 1290. The van der Waals surface area contributed by atoms with Crippen molar-refractivity contribution in [2.75, 3.05) is 5.43 Å². The molecule has 2 aromatic carbocycles. The number of halogens is 1. The lowest BCUT2D eigenvalue weighted by molar-refractivity contribution is 0.641. The third-order valence-corrected chi connectivity index (χ3v) is 4.98. The van der Waals surface area contributed by atoms with Gasteiger partial charge in [0, 0.05) is 16.5 Å². The number of rotatable bonds is 4. The molecule has 2 aromatic heterocycles. The molecular formula is C20H12FN5OS. The lowest BCUT2D eigenvalue weighted by Crippen LogP contribution is -2.16.